The van der Waals surface area contributed by atoms with Crippen LogP contribution in [0, 0.1) is 5.92 Å². The molecule has 0 radical (unpaired) electrons. The van der Waals surface area contributed by atoms with Gasteiger partial charge >= 0.3 is 0 Å². The predicted octanol–water partition coefficient (Wildman–Crippen LogP) is 3.16. The summed E-state index contributed by atoms with van der Waals surface area (Å²) in [4.78, 5) is 0. The molecule has 1 saturated carbocycles. The molecule has 1 atom stereocenters. The van der Waals surface area contributed by atoms with Gasteiger partial charge in [0.25, 0.3) is 0 Å². The van der Waals surface area contributed by atoms with Gasteiger partial charge in [-0.3, -0.25) is 0 Å². The molecular formula is C13H17BrO2. The summed E-state index contributed by atoms with van der Waals surface area (Å²) in [7, 11) is 0. The maximum Gasteiger partial charge on any atom is 0.133 e. The van der Waals surface area contributed by atoms with Gasteiger partial charge in [0.1, 0.15) is 5.75 Å². The highest BCUT2D eigenvalue weighted by Gasteiger charge is 2.22. The van der Waals surface area contributed by atoms with Crippen molar-refractivity contribution in [2.75, 3.05) is 6.61 Å². The summed E-state index contributed by atoms with van der Waals surface area (Å²) < 4.78 is 6.69. The Kier molecular flexibility index (Phi) is 3.87. The van der Waals surface area contributed by atoms with Crippen LogP contribution in [-0.4, -0.2) is 17.8 Å². The lowest BCUT2D eigenvalue weighted by atomic mass is 10.1. The zero-order chi connectivity index (χ0) is 11.5. The monoisotopic (exact) mass is 284 g/mol. The Labute approximate surface area is 105 Å². The van der Waals surface area contributed by atoms with Crippen molar-refractivity contribution in [2.45, 2.75) is 32.3 Å². The molecule has 1 aliphatic carbocycles. The van der Waals surface area contributed by atoms with Crippen molar-refractivity contribution in [3.8, 4) is 5.75 Å². The van der Waals surface area contributed by atoms with Crippen LogP contribution in [0.5, 0.6) is 5.75 Å². The summed E-state index contributed by atoms with van der Waals surface area (Å²) in [5, 5.41) is 9.30. The second-order valence-electron chi connectivity index (χ2n) is 4.57. The lowest BCUT2D eigenvalue weighted by Gasteiger charge is -2.10. The number of aliphatic hydroxyl groups excluding tert-OH is 1. The van der Waals surface area contributed by atoms with Crippen molar-refractivity contribution in [3.63, 3.8) is 0 Å². The Hall–Kier alpha value is -0.540. The van der Waals surface area contributed by atoms with Crippen LogP contribution in [0.25, 0.3) is 0 Å². The summed E-state index contributed by atoms with van der Waals surface area (Å²) in [6, 6.07) is 6.01. The van der Waals surface area contributed by atoms with Crippen molar-refractivity contribution in [3.05, 3.63) is 28.2 Å². The summed E-state index contributed by atoms with van der Waals surface area (Å²) in [6.07, 6.45) is 2.99. The molecule has 3 heteroatoms. The molecule has 1 N–H and O–H groups in total. The third-order valence-corrected chi connectivity index (χ3v) is 3.32. The molecule has 0 aromatic heterocycles. The van der Waals surface area contributed by atoms with Crippen LogP contribution in [0.2, 0.25) is 0 Å². The third kappa shape index (κ3) is 3.49. The van der Waals surface area contributed by atoms with Crippen LogP contribution in [0.1, 0.15) is 25.3 Å². The lowest BCUT2D eigenvalue weighted by Crippen LogP contribution is -2.04. The Morgan fingerprint density at radius 3 is 2.81 bits per heavy atom. The number of benzene rings is 1. The van der Waals surface area contributed by atoms with Gasteiger partial charge in [0.15, 0.2) is 0 Å². The fraction of sp³-hybridized carbons (Fsp3) is 0.538. The van der Waals surface area contributed by atoms with Crippen molar-refractivity contribution >= 4 is 15.9 Å². The molecule has 0 bridgehead atoms. The van der Waals surface area contributed by atoms with Crippen molar-refractivity contribution in [2.24, 2.45) is 5.92 Å². The number of ether oxygens (including phenoxy) is 1. The fourth-order valence-electron chi connectivity index (χ4n) is 1.62. The minimum Gasteiger partial charge on any atom is -0.492 e. The first kappa shape index (κ1) is 11.9. The quantitative estimate of drug-likeness (QED) is 0.900. The van der Waals surface area contributed by atoms with Gasteiger partial charge in [0.2, 0.25) is 0 Å². The molecule has 1 aromatic carbocycles. The lowest BCUT2D eigenvalue weighted by molar-refractivity contribution is 0.195. The van der Waals surface area contributed by atoms with E-state index in [1.807, 2.05) is 18.2 Å². The smallest absolute Gasteiger partial charge is 0.133 e. The van der Waals surface area contributed by atoms with Gasteiger partial charge < -0.3 is 9.84 Å². The average Bonchev–Trinajstić information content (AvgIpc) is 2.99. The van der Waals surface area contributed by atoms with E-state index in [0.717, 1.165) is 28.3 Å². The van der Waals surface area contributed by atoms with Crippen LogP contribution < -0.4 is 4.74 Å². The summed E-state index contributed by atoms with van der Waals surface area (Å²) >= 11 is 3.50. The SMILES string of the molecule is CC(O)Cc1ccc(OCC2CC2)c(Br)c1. The topological polar surface area (TPSA) is 29.5 Å². The zero-order valence-electron chi connectivity index (χ0n) is 9.45. The van der Waals surface area contributed by atoms with Crippen LogP contribution >= 0.6 is 15.9 Å². The van der Waals surface area contributed by atoms with E-state index in [9.17, 15) is 5.11 Å². The first-order chi connectivity index (χ1) is 7.65. The van der Waals surface area contributed by atoms with E-state index in [-0.39, 0.29) is 6.10 Å². The number of hydrogen-bond donors (Lipinski definition) is 1. The highest BCUT2D eigenvalue weighted by Crippen LogP contribution is 2.32. The van der Waals surface area contributed by atoms with Gasteiger partial charge in [-0.05, 0) is 65.7 Å². The minimum atomic E-state index is -0.301. The molecule has 1 aliphatic rings. The molecule has 88 valence electrons. The Morgan fingerprint density at radius 2 is 2.25 bits per heavy atom. The van der Waals surface area contributed by atoms with Gasteiger partial charge in [0, 0.05) is 0 Å². The molecule has 1 fully saturated rings. The molecule has 16 heavy (non-hydrogen) atoms. The normalized spacial score (nSPS) is 17.2. The summed E-state index contributed by atoms with van der Waals surface area (Å²) in [5.41, 5.74) is 1.13. The molecule has 0 saturated heterocycles. The second kappa shape index (κ2) is 5.19. The van der Waals surface area contributed by atoms with Crippen molar-refractivity contribution in [1.82, 2.24) is 0 Å². The number of hydrogen-bond acceptors (Lipinski definition) is 2. The van der Waals surface area contributed by atoms with E-state index in [0.29, 0.717) is 6.42 Å². The third-order valence-electron chi connectivity index (χ3n) is 2.70. The summed E-state index contributed by atoms with van der Waals surface area (Å²) in [6.45, 7) is 2.62. The largest absolute Gasteiger partial charge is 0.492 e. The summed E-state index contributed by atoms with van der Waals surface area (Å²) in [5.74, 6) is 1.67. The Balaban J connectivity index is 1.97. The van der Waals surface area contributed by atoms with Crippen LogP contribution in [-0.2, 0) is 6.42 Å². The minimum absolute atomic E-state index is 0.301. The second-order valence-corrected chi connectivity index (χ2v) is 5.43. The fourth-order valence-corrected chi connectivity index (χ4v) is 2.16. The molecule has 0 heterocycles. The van der Waals surface area contributed by atoms with Crippen LogP contribution in [0.4, 0.5) is 0 Å². The molecule has 0 aliphatic heterocycles. The molecular weight excluding hydrogens is 268 g/mol. The number of aliphatic hydroxyl groups is 1. The standard InChI is InChI=1S/C13H17BrO2/c1-9(15)6-11-4-5-13(12(14)7-11)16-8-10-2-3-10/h4-5,7,9-10,15H,2-3,6,8H2,1H3. The van der Waals surface area contributed by atoms with E-state index >= 15 is 0 Å². The Morgan fingerprint density at radius 1 is 1.50 bits per heavy atom. The molecule has 0 amide bonds. The van der Waals surface area contributed by atoms with Crippen molar-refractivity contribution in [1.29, 1.82) is 0 Å². The van der Waals surface area contributed by atoms with E-state index < -0.39 is 0 Å². The highest BCUT2D eigenvalue weighted by molar-refractivity contribution is 9.10. The molecule has 2 nitrogen and oxygen atoms in total. The van der Waals surface area contributed by atoms with E-state index in [1.165, 1.54) is 12.8 Å². The average molecular weight is 285 g/mol. The molecule has 0 spiro atoms. The van der Waals surface area contributed by atoms with E-state index in [1.54, 1.807) is 6.92 Å². The zero-order valence-corrected chi connectivity index (χ0v) is 11.0. The van der Waals surface area contributed by atoms with E-state index in [2.05, 4.69) is 15.9 Å². The maximum atomic E-state index is 9.30. The van der Waals surface area contributed by atoms with Gasteiger partial charge in [-0.25, -0.2) is 0 Å². The van der Waals surface area contributed by atoms with E-state index in [4.69, 9.17) is 4.74 Å². The predicted molar refractivity (Wildman–Crippen MR) is 67.7 cm³/mol. The molecule has 1 aromatic rings. The molecule has 2 rings (SSSR count). The number of halogens is 1. The van der Waals surface area contributed by atoms with Gasteiger partial charge in [-0.1, -0.05) is 6.07 Å². The first-order valence-corrected chi connectivity index (χ1v) is 6.53. The van der Waals surface area contributed by atoms with Crippen LogP contribution in [0.15, 0.2) is 22.7 Å². The number of rotatable bonds is 5. The maximum absolute atomic E-state index is 9.30. The molecule has 1 unspecified atom stereocenters. The van der Waals surface area contributed by atoms with Crippen LogP contribution in [0.3, 0.4) is 0 Å². The highest BCUT2D eigenvalue weighted by atomic mass is 79.9. The van der Waals surface area contributed by atoms with Gasteiger partial charge in [-0.15, -0.1) is 0 Å². The Bertz CT molecular complexity index is 359. The first-order valence-electron chi connectivity index (χ1n) is 5.74. The van der Waals surface area contributed by atoms with Gasteiger partial charge in [0.05, 0.1) is 17.2 Å². The van der Waals surface area contributed by atoms with Gasteiger partial charge in [-0.2, -0.15) is 0 Å². The van der Waals surface area contributed by atoms with Crippen molar-refractivity contribution < 1.29 is 9.84 Å².